The van der Waals surface area contributed by atoms with Gasteiger partial charge in [0.1, 0.15) is 0 Å². The largest absolute Gasteiger partial charge is 0.396 e. The summed E-state index contributed by atoms with van der Waals surface area (Å²) in [5.41, 5.74) is 1.48. The average molecular weight is 197 g/mol. The Morgan fingerprint density at radius 3 is 2.31 bits per heavy atom. The lowest BCUT2D eigenvalue weighted by Gasteiger charge is -2.10. The van der Waals surface area contributed by atoms with Crippen LogP contribution in [0.15, 0.2) is 24.3 Å². The van der Waals surface area contributed by atoms with E-state index in [4.69, 9.17) is 16.7 Å². The highest BCUT2D eigenvalue weighted by molar-refractivity contribution is 6.30. The van der Waals surface area contributed by atoms with Crippen molar-refractivity contribution in [2.24, 2.45) is 5.41 Å². The van der Waals surface area contributed by atoms with Crippen LogP contribution in [0.25, 0.3) is 0 Å². The van der Waals surface area contributed by atoms with Gasteiger partial charge in [0, 0.05) is 11.6 Å². The summed E-state index contributed by atoms with van der Waals surface area (Å²) in [7, 11) is 0. The zero-order chi connectivity index (χ0) is 9.31. The van der Waals surface area contributed by atoms with Gasteiger partial charge in [-0.1, -0.05) is 23.7 Å². The first-order chi connectivity index (χ1) is 6.24. The van der Waals surface area contributed by atoms with Gasteiger partial charge in [-0.3, -0.25) is 0 Å². The predicted molar refractivity (Wildman–Crippen MR) is 53.9 cm³/mol. The van der Waals surface area contributed by atoms with Crippen molar-refractivity contribution in [2.75, 3.05) is 6.61 Å². The molecule has 1 aliphatic carbocycles. The average Bonchev–Trinajstić information content (AvgIpc) is 2.90. The van der Waals surface area contributed by atoms with Crippen molar-refractivity contribution in [1.29, 1.82) is 0 Å². The van der Waals surface area contributed by atoms with Crippen molar-refractivity contribution in [3.8, 4) is 0 Å². The fourth-order valence-corrected chi connectivity index (χ4v) is 1.73. The van der Waals surface area contributed by atoms with Crippen molar-refractivity contribution in [3.05, 3.63) is 34.9 Å². The molecule has 1 saturated carbocycles. The zero-order valence-corrected chi connectivity index (χ0v) is 8.22. The molecule has 0 aliphatic heterocycles. The number of halogens is 1. The third-order valence-electron chi connectivity index (χ3n) is 2.78. The number of benzene rings is 1. The zero-order valence-electron chi connectivity index (χ0n) is 7.46. The number of aliphatic hydroxyl groups is 1. The molecule has 2 heteroatoms. The van der Waals surface area contributed by atoms with Crippen LogP contribution in [0.2, 0.25) is 5.02 Å². The van der Waals surface area contributed by atoms with Crippen LogP contribution in [0.5, 0.6) is 0 Å². The lowest BCUT2D eigenvalue weighted by atomic mass is 9.98. The van der Waals surface area contributed by atoms with E-state index in [0.29, 0.717) is 6.61 Å². The second-order valence-corrected chi connectivity index (χ2v) is 4.40. The summed E-state index contributed by atoms with van der Waals surface area (Å²) in [5, 5.41) is 9.92. The monoisotopic (exact) mass is 196 g/mol. The van der Waals surface area contributed by atoms with E-state index in [1.54, 1.807) is 0 Å². The molecule has 1 aromatic rings. The standard InChI is InChI=1S/C11H13ClO/c12-10-3-1-9(2-4-10)7-11(8-13)5-6-11/h1-4,13H,5-8H2. The summed E-state index contributed by atoms with van der Waals surface area (Å²) in [5.74, 6) is 0. The Balaban J connectivity index is 2.06. The maximum absolute atomic E-state index is 9.15. The molecule has 70 valence electrons. The molecule has 0 heterocycles. The molecule has 1 aliphatic rings. The van der Waals surface area contributed by atoms with E-state index in [1.807, 2.05) is 24.3 Å². The SMILES string of the molecule is OCC1(Cc2ccc(Cl)cc2)CC1. The second kappa shape index (κ2) is 3.32. The Morgan fingerprint density at radius 2 is 1.85 bits per heavy atom. The van der Waals surface area contributed by atoms with Gasteiger partial charge in [0.05, 0.1) is 0 Å². The molecule has 0 amide bonds. The molecule has 0 unspecified atom stereocenters. The van der Waals surface area contributed by atoms with Gasteiger partial charge in [0.15, 0.2) is 0 Å². The van der Waals surface area contributed by atoms with Crippen LogP contribution in [0.4, 0.5) is 0 Å². The Morgan fingerprint density at radius 1 is 1.23 bits per heavy atom. The summed E-state index contributed by atoms with van der Waals surface area (Å²) in [6.45, 7) is 0.315. The third kappa shape index (κ3) is 2.04. The summed E-state index contributed by atoms with van der Waals surface area (Å²) >= 11 is 5.78. The van der Waals surface area contributed by atoms with Crippen LogP contribution in [-0.4, -0.2) is 11.7 Å². The summed E-state index contributed by atoms with van der Waals surface area (Å²) in [6.07, 6.45) is 3.30. The molecule has 1 aromatic carbocycles. The van der Waals surface area contributed by atoms with Gasteiger partial charge in [-0.05, 0) is 42.4 Å². The van der Waals surface area contributed by atoms with Crippen LogP contribution in [0.3, 0.4) is 0 Å². The quantitative estimate of drug-likeness (QED) is 0.788. The van der Waals surface area contributed by atoms with E-state index in [2.05, 4.69) is 0 Å². The van der Waals surface area contributed by atoms with Gasteiger partial charge < -0.3 is 5.11 Å². The van der Waals surface area contributed by atoms with Crippen molar-refractivity contribution < 1.29 is 5.11 Å². The smallest absolute Gasteiger partial charge is 0.0490 e. The summed E-state index contributed by atoms with van der Waals surface area (Å²) in [4.78, 5) is 0. The van der Waals surface area contributed by atoms with E-state index in [-0.39, 0.29) is 5.41 Å². The summed E-state index contributed by atoms with van der Waals surface area (Å²) < 4.78 is 0. The van der Waals surface area contributed by atoms with Gasteiger partial charge >= 0.3 is 0 Å². The minimum atomic E-state index is 0.202. The number of aliphatic hydroxyl groups excluding tert-OH is 1. The molecular formula is C11H13ClO. The highest BCUT2D eigenvalue weighted by Crippen LogP contribution is 2.47. The molecular weight excluding hydrogens is 184 g/mol. The molecule has 0 radical (unpaired) electrons. The topological polar surface area (TPSA) is 20.2 Å². The minimum absolute atomic E-state index is 0.202. The third-order valence-corrected chi connectivity index (χ3v) is 3.04. The molecule has 1 fully saturated rings. The lowest BCUT2D eigenvalue weighted by Crippen LogP contribution is -2.09. The molecule has 1 N–H and O–H groups in total. The first-order valence-corrected chi connectivity index (χ1v) is 4.97. The first-order valence-electron chi connectivity index (χ1n) is 4.59. The fraction of sp³-hybridized carbons (Fsp3) is 0.455. The molecule has 0 aromatic heterocycles. The number of hydrogen-bond acceptors (Lipinski definition) is 1. The highest BCUT2D eigenvalue weighted by atomic mass is 35.5. The fourth-order valence-electron chi connectivity index (χ4n) is 1.60. The molecule has 2 rings (SSSR count). The van der Waals surface area contributed by atoms with Gasteiger partial charge in [-0.2, -0.15) is 0 Å². The van der Waals surface area contributed by atoms with E-state index in [0.717, 1.165) is 24.3 Å². The van der Waals surface area contributed by atoms with Crippen molar-refractivity contribution in [3.63, 3.8) is 0 Å². The Kier molecular flexibility index (Phi) is 2.31. The van der Waals surface area contributed by atoms with Crippen molar-refractivity contribution >= 4 is 11.6 Å². The van der Waals surface area contributed by atoms with Crippen molar-refractivity contribution in [2.45, 2.75) is 19.3 Å². The van der Waals surface area contributed by atoms with E-state index >= 15 is 0 Å². The van der Waals surface area contributed by atoms with Crippen LogP contribution >= 0.6 is 11.6 Å². The van der Waals surface area contributed by atoms with E-state index in [9.17, 15) is 0 Å². The maximum Gasteiger partial charge on any atom is 0.0490 e. The van der Waals surface area contributed by atoms with Gasteiger partial charge in [-0.15, -0.1) is 0 Å². The number of hydrogen-bond donors (Lipinski definition) is 1. The van der Waals surface area contributed by atoms with Crippen molar-refractivity contribution in [1.82, 2.24) is 0 Å². The van der Waals surface area contributed by atoms with Gasteiger partial charge in [0.2, 0.25) is 0 Å². The Hall–Kier alpha value is -0.530. The van der Waals surface area contributed by atoms with Gasteiger partial charge in [0.25, 0.3) is 0 Å². The molecule has 0 spiro atoms. The molecule has 0 bridgehead atoms. The normalized spacial score (nSPS) is 18.6. The van der Waals surface area contributed by atoms with Crippen LogP contribution in [-0.2, 0) is 6.42 Å². The van der Waals surface area contributed by atoms with Crippen LogP contribution in [0.1, 0.15) is 18.4 Å². The number of rotatable bonds is 3. The van der Waals surface area contributed by atoms with E-state index < -0.39 is 0 Å². The highest BCUT2D eigenvalue weighted by Gasteiger charge is 2.41. The van der Waals surface area contributed by atoms with Crippen LogP contribution in [0, 0.1) is 5.41 Å². The minimum Gasteiger partial charge on any atom is -0.396 e. The molecule has 13 heavy (non-hydrogen) atoms. The first kappa shape index (κ1) is 9.04. The maximum atomic E-state index is 9.15. The second-order valence-electron chi connectivity index (χ2n) is 3.96. The Bertz CT molecular complexity index is 287. The van der Waals surface area contributed by atoms with E-state index in [1.165, 1.54) is 5.56 Å². The lowest BCUT2D eigenvalue weighted by molar-refractivity contribution is 0.211. The summed E-state index contributed by atoms with van der Waals surface area (Å²) in [6, 6.07) is 7.89. The Labute approximate surface area is 83.3 Å². The molecule has 0 atom stereocenters. The predicted octanol–water partition coefficient (Wildman–Crippen LogP) is 2.66. The molecule has 0 saturated heterocycles. The van der Waals surface area contributed by atoms with Crippen LogP contribution < -0.4 is 0 Å². The van der Waals surface area contributed by atoms with Gasteiger partial charge in [-0.25, -0.2) is 0 Å². The molecule has 1 nitrogen and oxygen atoms in total.